The van der Waals surface area contributed by atoms with E-state index in [0.29, 0.717) is 27.1 Å². The Morgan fingerprint density at radius 3 is 2.73 bits per heavy atom. The number of carbonyl (C=O) groups is 1. The largest absolute Gasteiger partial charge is 0.457 e. The summed E-state index contributed by atoms with van der Waals surface area (Å²) in [7, 11) is 0. The van der Waals surface area contributed by atoms with Crippen LogP contribution in [0.25, 0.3) is 11.3 Å². The van der Waals surface area contributed by atoms with E-state index in [-0.39, 0.29) is 18.5 Å². The normalized spacial score (nSPS) is 13.7. The molecule has 0 atom stereocenters. The third-order valence-corrected chi connectivity index (χ3v) is 3.69. The van der Waals surface area contributed by atoms with Gasteiger partial charge in [0.05, 0.1) is 10.9 Å². The molecule has 112 valence electrons. The molecule has 0 aliphatic heterocycles. The molecule has 0 radical (unpaired) electrons. The second-order valence-corrected chi connectivity index (χ2v) is 5.55. The van der Waals surface area contributed by atoms with Gasteiger partial charge in [0.25, 0.3) is 0 Å². The SMILES string of the molecule is O=C(OCc1cc(-c2ccc(Cl)cc2Cl)no1)C1C=CC=C1. The van der Waals surface area contributed by atoms with E-state index in [4.69, 9.17) is 32.5 Å². The Hall–Kier alpha value is -2.04. The summed E-state index contributed by atoms with van der Waals surface area (Å²) in [6.45, 7) is 0.0230. The highest BCUT2D eigenvalue weighted by atomic mass is 35.5. The Morgan fingerprint density at radius 1 is 1.23 bits per heavy atom. The minimum atomic E-state index is -0.326. The minimum absolute atomic E-state index is 0.0230. The van der Waals surface area contributed by atoms with Crippen molar-refractivity contribution in [1.29, 1.82) is 0 Å². The Balaban J connectivity index is 1.67. The number of carbonyl (C=O) groups excluding carboxylic acids is 1. The van der Waals surface area contributed by atoms with Crippen molar-refractivity contribution in [3.63, 3.8) is 0 Å². The van der Waals surface area contributed by atoms with Crippen molar-refractivity contribution in [2.75, 3.05) is 0 Å². The van der Waals surface area contributed by atoms with Crippen LogP contribution in [0.15, 0.2) is 53.1 Å². The lowest BCUT2D eigenvalue weighted by atomic mass is 10.1. The van der Waals surface area contributed by atoms with Crippen molar-refractivity contribution in [2.45, 2.75) is 6.61 Å². The zero-order valence-corrected chi connectivity index (χ0v) is 12.8. The van der Waals surface area contributed by atoms with Gasteiger partial charge < -0.3 is 9.26 Å². The summed E-state index contributed by atoms with van der Waals surface area (Å²) in [4.78, 5) is 11.8. The standard InChI is InChI=1S/C16H11Cl2NO3/c17-11-5-6-13(14(18)7-11)15-8-12(22-19-15)9-21-16(20)10-3-1-2-4-10/h1-8,10H,9H2. The lowest BCUT2D eigenvalue weighted by Crippen LogP contribution is -2.12. The molecule has 2 aromatic rings. The number of rotatable bonds is 4. The molecule has 0 amide bonds. The number of nitrogens with zero attached hydrogens (tertiary/aromatic N) is 1. The van der Waals surface area contributed by atoms with Gasteiger partial charge in [0, 0.05) is 16.7 Å². The third kappa shape index (κ3) is 3.24. The Morgan fingerprint density at radius 2 is 2.00 bits per heavy atom. The maximum atomic E-state index is 11.8. The molecule has 1 aliphatic carbocycles. The molecule has 4 nitrogen and oxygen atoms in total. The molecule has 0 unspecified atom stereocenters. The van der Waals surface area contributed by atoms with Gasteiger partial charge in [0.15, 0.2) is 12.4 Å². The van der Waals surface area contributed by atoms with Gasteiger partial charge in [-0.2, -0.15) is 0 Å². The summed E-state index contributed by atoms with van der Waals surface area (Å²) >= 11 is 12.0. The molecule has 6 heteroatoms. The Bertz CT molecular complexity index is 753. The zero-order valence-electron chi connectivity index (χ0n) is 11.3. The molecule has 0 saturated heterocycles. The molecule has 0 fully saturated rings. The second-order valence-electron chi connectivity index (χ2n) is 4.71. The van der Waals surface area contributed by atoms with Crippen LogP contribution in [-0.4, -0.2) is 11.1 Å². The van der Waals surface area contributed by atoms with E-state index < -0.39 is 0 Å². The molecular weight excluding hydrogens is 325 g/mol. The lowest BCUT2D eigenvalue weighted by molar-refractivity contribution is -0.147. The van der Waals surface area contributed by atoms with E-state index >= 15 is 0 Å². The van der Waals surface area contributed by atoms with Crippen LogP contribution < -0.4 is 0 Å². The summed E-state index contributed by atoms with van der Waals surface area (Å²) < 4.78 is 10.3. The monoisotopic (exact) mass is 335 g/mol. The van der Waals surface area contributed by atoms with E-state index in [1.54, 1.807) is 48.6 Å². The topological polar surface area (TPSA) is 52.3 Å². The molecule has 0 N–H and O–H groups in total. The smallest absolute Gasteiger partial charge is 0.317 e. The fourth-order valence-corrected chi connectivity index (χ4v) is 2.54. The first-order valence-corrected chi connectivity index (χ1v) is 7.32. The second kappa shape index (κ2) is 6.38. The van der Waals surface area contributed by atoms with Crippen molar-refractivity contribution < 1.29 is 14.1 Å². The van der Waals surface area contributed by atoms with Crippen LogP contribution >= 0.6 is 23.2 Å². The van der Waals surface area contributed by atoms with Gasteiger partial charge in [-0.15, -0.1) is 0 Å². The summed E-state index contributed by atoms with van der Waals surface area (Å²) in [5.41, 5.74) is 1.27. The Labute approximate surface area is 137 Å². The lowest BCUT2D eigenvalue weighted by Gasteiger charge is -2.04. The van der Waals surface area contributed by atoms with Crippen LogP contribution in [-0.2, 0) is 16.1 Å². The average Bonchev–Trinajstić information content (AvgIpc) is 3.16. The van der Waals surface area contributed by atoms with Crippen molar-refractivity contribution in [2.24, 2.45) is 5.92 Å². The van der Waals surface area contributed by atoms with Crippen LogP contribution in [0.2, 0.25) is 10.0 Å². The fraction of sp³-hybridized carbons (Fsp3) is 0.125. The molecule has 22 heavy (non-hydrogen) atoms. The quantitative estimate of drug-likeness (QED) is 0.775. The maximum absolute atomic E-state index is 11.8. The van der Waals surface area contributed by atoms with E-state index in [2.05, 4.69) is 5.16 Å². The first-order valence-electron chi connectivity index (χ1n) is 6.56. The molecule has 1 aromatic heterocycles. The summed E-state index contributed by atoms with van der Waals surface area (Å²) in [5, 5.41) is 4.95. The number of ether oxygens (including phenoxy) is 1. The van der Waals surface area contributed by atoms with Crippen LogP contribution in [0.1, 0.15) is 5.76 Å². The predicted molar refractivity (Wildman–Crippen MR) is 83.5 cm³/mol. The van der Waals surface area contributed by atoms with E-state index in [9.17, 15) is 4.79 Å². The van der Waals surface area contributed by atoms with Gasteiger partial charge in [-0.25, -0.2) is 0 Å². The van der Waals surface area contributed by atoms with Gasteiger partial charge in [-0.3, -0.25) is 4.79 Å². The Kier molecular flexibility index (Phi) is 4.32. The maximum Gasteiger partial charge on any atom is 0.317 e. The highest BCUT2D eigenvalue weighted by molar-refractivity contribution is 6.36. The van der Waals surface area contributed by atoms with E-state index in [0.717, 1.165) is 0 Å². The van der Waals surface area contributed by atoms with Crippen LogP contribution in [0.5, 0.6) is 0 Å². The third-order valence-electron chi connectivity index (χ3n) is 3.14. The first kappa shape index (κ1) is 14.9. The van der Waals surface area contributed by atoms with Crippen LogP contribution in [0.4, 0.5) is 0 Å². The highest BCUT2D eigenvalue weighted by Gasteiger charge is 2.17. The molecular formula is C16H11Cl2NO3. The van der Waals surface area contributed by atoms with Gasteiger partial charge in [-0.05, 0) is 18.2 Å². The number of allylic oxidation sites excluding steroid dienone is 2. The molecule has 0 spiro atoms. The highest BCUT2D eigenvalue weighted by Crippen LogP contribution is 2.30. The molecule has 1 heterocycles. The molecule has 0 saturated carbocycles. The number of aromatic nitrogens is 1. The van der Waals surface area contributed by atoms with Gasteiger partial charge in [0.2, 0.25) is 0 Å². The molecule has 1 aliphatic rings. The number of hydrogen-bond acceptors (Lipinski definition) is 4. The predicted octanol–water partition coefficient (Wildman–Crippen LogP) is 4.43. The van der Waals surface area contributed by atoms with Crippen molar-refractivity contribution in [3.05, 3.63) is 64.4 Å². The minimum Gasteiger partial charge on any atom is -0.457 e. The van der Waals surface area contributed by atoms with Gasteiger partial charge in [-0.1, -0.05) is 52.7 Å². The van der Waals surface area contributed by atoms with Crippen molar-refractivity contribution in [1.82, 2.24) is 5.16 Å². The van der Waals surface area contributed by atoms with Crippen molar-refractivity contribution in [3.8, 4) is 11.3 Å². The fourth-order valence-electron chi connectivity index (χ4n) is 2.03. The number of esters is 1. The number of hydrogen-bond donors (Lipinski definition) is 0. The van der Waals surface area contributed by atoms with Gasteiger partial charge in [0.1, 0.15) is 5.69 Å². The summed E-state index contributed by atoms with van der Waals surface area (Å²) in [6.07, 6.45) is 7.14. The first-order chi connectivity index (χ1) is 10.6. The van der Waals surface area contributed by atoms with E-state index in [1.807, 2.05) is 0 Å². The number of benzene rings is 1. The van der Waals surface area contributed by atoms with Crippen LogP contribution in [0.3, 0.4) is 0 Å². The van der Waals surface area contributed by atoms with Crippen molar-refractivity contribution >= 4 is 29.2 Å². The molecule has 1 aromatic carbocycles. The number of halogens is 2. The van der Waals surface area contributed by atoms with Gasteiger partial charge >= 0.3 is 5.97 Å². The summed E-state index contributed by atoms with van der Waals surface area (Å²) in [5.74, 6) is -0.208. The molecule has 3 rings (SSSR count). The summed E-state index contributed by atoms with van der Waals surface area (Å²) in [6, 6.07) is 6.79. The zero-order chi connectivity index (χ0) is 15.5. The van der Waals surface area contributed by atoms with Crippen LogP contribution in [0, 0.1) is 5.92 Å². The average molecular weight is 336 g/mol. The molecule has 0 bridgehead atoms. The van der Waals surface area contributed by atoms with E-state index in [1.165, 1.54) is 0 Å².